The highest BCUT2D eigenvalue weighted by molar-refractivity contribution is 5.79. The van der Waals surface area contributed by atoms with Crippen molar-refractivity contribution < 1.29 is 9.47 Å². The third-order valence-corrected chi connectivity index (χ3v) is 5.46. The maximum atomic E-state index is 11.7. The van der Waals surface area contributed by atoms with Crippen LogP contribution >= 0.6 is 0 Å². The number of benzene rings is 2. The molecule has 5 nitrogen and oxygen atoms in total. The van der Waals surface area contributed by atoms with Crippen LogP contribution in [0.1, 0.15) is 17.5 Å². The fraction of sp³-hybridized carbons (Fsp3) is 0.318. The molecule has 1 aliphatic heterocycles. The van der Waals surface area contributed by atoms with Crippen molar-refractivity contribution in [2.45, 2.75) is 18.6 Å². The smallest absolute Gasteiger partial charge is 0.250 e. The molecular weight excluding hydrogens is 340 g/mol. The number of hydrogen-bond acceptors (Lipinski definition) is 4. The van der Waals surface area contributed by atoms with Gasteiger partial charge in [0.25, 0.3) is 5.56 Å². The summed E-state index contributed by atoms with van der Waals surface area (Å²) in [6, 6.07) is 17.6. The summed E-state index contributed by atoms with van der Waals surface area (Å²) >= 11 is 0. The highest BCUT2D eigenvalue weighted by Gasteiger charge is 2.35. The number of methoxy groups -OCH3 is 1. The van der Waals surface area contributed by atoms with E-state index in [-0.39, 0.29) is 11.2 Å². The molecule has 1 N–H and O–H groups in total. The maximum absolute atomic E-state index is 11.7. The summed E-state index contributed by atoms with van der Waals surface area (Å²) in [6.07, 6.45) is 0.955. The fourth-order valence-corrected chi connectivity index (χ4v) is 3.77. The summed E-state index contributed by atoms with van der Waals surface area (Å²) in [7, 11) is 3.55. The molecule has 2 aromatic carbocycles. The normalized spacial score (nSPS) is 19.5. The van der Waals surface area contributed by atoms with Crippen molar-refractivity contribution in [3.05, 3.63) is 76.1 Å². The van der Waals surface area contributed by atoms with Crippen molar-refractivity contribution in [2.24, 2.45) is 7.05 Å². The standard InChI is InChI=1S/C22H24N2O3/c1-24-20-8-6-16(12-17(20)7-9-21(24)25)14-27-19-5-3-4-18(13-19)22(26-2)10-11-23-15-22/h3-9,12-13,23H,10-11,14-15H2,1-2H3. The topological polar surface area (TPSA) is 52.5 Å². The monoisotopic (exact) mass is 364 g/mol. The van der Waals surface area contributed by atoms with Crippen molar-refractivity contribution in [3.63, 3.8) is 0 Å². The Labute approximate surface area is 158 Å². The molecule has 0 radical (unpaired) electrons. The molecule has 0 aliphatic carbocycles. The molecule has 140 valence electrons. The van der Waals surface area contributed by atoms with Crippen molar-refractivity contribution in [1.29, 1.82) is 0 Å². The molecule has 1 saturated heterocycles. The highest BCUT2D eigenvalue weighted by Crippen LogP contribution is 2.33. The number of aromatic nitrogens is 1. The molecule has 0 saturated carbocycles. The van der Waals surface area contributed by atoms with Crippen molar-refractivity contribution in [2.75, 3.05) is 20.2 Å². The maximum Gasteiger partial charge on any atom is 0.250 e. The molecule has 0 amide bonds. The lowest BCUT2D eigenvalue weighted by atomic mass is 9.92. The lowest BCUT2D eigenvalue weighted by Gasteiger charge is -2.27. The Hall–Kier alpha value is -2.63. The zero-order chi connectivity index (χ0) is 18.9. The molecule has 0 spiro atoms. The second-order valence-electron chi connectivity index (χ2n) is 7.07. The number of nitrogens with one attached hydrogen (secondary N) is 1. The van der Waals surface area contributed by atoms with Crippen molar-refractivity contribution in [1.82, 2.24) is 9.88 Å². The molecular formula is C22H24N2O3. The Morgan fingerprint density at radius 3 is 2.81 bits per heavy atom. The van der Waals surface area contributed by atoms with E-state index in [1.807, 2.05) is 30.3 Å². The van der Waals surface area contributed by atoms with E-state index in [4.69, 9.17) is 9.47 Å². The minimum absolute atomic E-state index is 0.00297. The summed E-state index contributed by atoms with van der Waals surface area (Å²) in [4.78, 5) is 11.7. The second kappa shape index (κ2) is 7.18. The third-order valence-electron chi connectivity index (χ3n) is 5.46. The molecule has 4 rings (SSSR count). The first-order chi connectivity index (χ1) is 13.1. The summed E-state index contributed by atoms with van der Waals surface area (Å²) in [5.41, 5.74) is 2.85. The molecule has 0 bridgehead atoms. The van der Waals surface area contributed by atoms with Crippen LogP contribution in [0.3, 0.4) is 0 Å². The van der Waals surface area contributed by atoms with Gasteiger partial charge in [0.15, 0.2) is 0 Å². The van der Waals surface area contributed by atoms with Crippen LogP contribution in [0.4, 0.5) is 0 Å². The summed E-state index contributed by atoms with van der Waals surface area (Å²) in [6.45, 7) is 2.25. The fourth-order valence-electron chi connectivity index (χ4n) is 3.77. The molecule has 27 heavy (non-hydrogen) atoms. The third kappa shape index (κ3) is 3.36. The molecule has 1 aliphatic rings. The molecule has 1 fully saturated rings. The van der Waals surface area contributed by atoms with E-state index in [2.05, 4.69) is 23.5 Å². The van der Waals surface area contributed by atoms with Crippen LogP contribution in [-0.4, -0.2) is 24.8 Å². The van der Waals surface area contributed by atoms with Crippen molar-refractivity contribution in [3.8, 4) is 5.75 Å². The Kier molecular flexibility index (Phi) is 4.72. The van der Waals surface area contributed by atoms with Crippen LogP contribution in [0, 0.1) is 0 Å². The number of aryl methyl sites for hydroxylation is 1. The van der Waals surface area contributed by atoms with Crippen molar-refractivity contribution >= 4 is 10.9 Å². The first-order valence-corrected chi connectivity index (χ1v) is 9.19. The van der Waals surface area contributed by atoms with E-state index in [0.717, 1.165) is 47.3 Å². The Morgan fingerprint density at radius 1 is 1.15 bits per heavy atom. The van der Waals surface area contributed by atoms with E-state index in [0.29, 0.717) is 6.61 Å². The predicted octanol–water partition coefficient (Wildman–Crippen LogP) is 2.95. The number of rotatable bonds is 5. The molecule has 1 atom stereocenters. The predicted molar refractivity (Wildman–Crippen MR) is 106 cm³/mol. The van der Waals surface area contributed by atoms with Gasteiger partial charge in [-0.05, 0) is 59.8 Å². The molecule has 1 aromatic heterocycles. The minimum atomic E-state index is -0.271. The van der Waals surface area contributed by atoms with Gasteiger partial charge in [-0.25, -0.2) is 0 Å². The number of pyridine rings is 1. The van der Waals surface area contributed by atoms with Gasteiger partial charge in [-0.15, -0.1) is 0 Å². The van der Waals surface area contributed by atoms with Gasteiger partial charge in [-0.1, -0.05) is 18.2 Å². The Balaban J connectivity index is 1.54. The quantitative estimate of drug-likeness (QED) is 0.756. The largest absolute Gasteiger partial charge is 0.489 e. The van der Waals surface area contributed by atoms with Crippen LogP contribution in [-0.2, 0) is 24.0 Å². The highest BCUT2D eigenvalue weighted by atomic mass is 16.5. The molecule has 1 unspecified atom stereocenters. The molecule has 2 heterocycles. The first-order valence-electron chi connectivity index (χ1n) is 9.19. The average Bonchev–Trinajstić information content (AvgIpc) is 3.20. The van der Waals surface area contributed by atoms with E-state index in [9.17, 15) is 4.79 Å². The van der Waals surface area contributed by atoms with Gasteiger partial charge in [0, 0.05) is 26.8 Å². The van der Waals surface area contributed by atoms with Gasteiger partial charge < -0.3 is 19.4 Å². The van der Waals surface area contributed by atoms with Gasteiger partial charge in [0.05, 0.1) is 5.52 Å². The molecule has 3 aromatic rings. The second-order valence-corrected chi connectivity index (χ2v) is 7.07. The summed E-state index contributed by atoms with van der Waals surface area (Å²) < 4.78 is 13.5. The lowest BCUT2D eigenvalue weighted by Crippen LogP contribution is -2.30. The van der Waals surface area contributed by atoms with Gasteiger partial charge >= 0.3 is 0 Å². The van der Waals surface area contributed by atoms with Gasteiger partial charge in [-0.2, -0.15) is 0 Å². The van der Waals surface area contributed by atoms with Crippen LogP contribution in [0.15, 0.2) is 59.4 Å². The summed E-state index contributed by atoms with van der Waals surface area (Å²) in [5, 5.41) is 4.41. The Morgan fingerprint density at radius 2 is 2.04 bits per heavy atom. The van der Waals surface area contributed by atoms with Gasteiger partial charge in [0.1, 0.15) is 18.0 Å². The SMILES string of the molecule is COC1(c2cccc(OCc3ccc4c(ccc(=O)n4C)c3)c2)CCNC1. The number of ether oxygens (including phenoxy) is 2. The molecule has 5 heteroatoms. The van der Waals surface area contributed by atoms with Crippen LogP contribution in [0.5, 0.6) is 5.75 Å². The van der Waals surface area contributed by atoms with Gasteiger partial charge in [0.2, 0.25) is 0 Å². The average molecular weight is 364 g/mol. The van der Waals surface area contributed by atoms with E-state index in [1.54, 1.807) is 24.8 Å². The zero-order valence-corrected chi connectivity index (χ0v) is 15.7. The van der Waals surface area contributed by atoms with E-state index < -0.39 is 0 Å². The number of hydrogen-bond donors (Lipinski definition) is 1. The lowest BCUT2D eigenvalue weighted by molar-refractivity contribution is 0.00305. The zero-order valence-electron chi connectivity index (χ0n) is 15.7. The summed E-state index contributed by atoms with van der Waals surface area (Å²) in [5.74, 6) is 0.830. The Bertz CT molecular complexity index is 1020. The van der Waals surface area contributed by atoms with Crippen LogP contribution < -0.4 is 15.6 Å². The van der Waals surface area contributed by atoms with Crippen LogP contribution in [0.2, 0.25) is 0 Å². The van der Waals surface area contributed by atoms with E-state index in [1.165, 1.54) is 0 Å². The number of fused-ring (bicyclic) bond motifs is 1. The minimum Gasteiger partial charge on any atom is -0.489 e. The van der Waals surface area contributed by atoms with E-state index >= 15 is 0 Å². The number of nitrogens with zero attached hydrogens (tertiary/aromatic N) is 1. The first kappa shape index (κ1) is 17.8. The van der Waals surface area contributed by atoms with Crippen LogP contribution in [0.25, 0.3) is 10.9 Å². The van der Waals surface area contributed by atoms with Gasteiger partial charge in [-0.3, -0.25) is 4.79 Å².